The van der Waals surface area contributed by atoms with Gasteiger partial charge in [-0.25, -0.2) is 0 Å². The normalized spacial score (nSPS) is 13.6. The molecule has 2 heteroatoms. The molecule has 17 heavy (non-hydrogen) atoms. The van der Waals surface area contributed by atoms with E-state index in [0.717, 1.165) is 12.5 Å². The Hall–Kier alpha value is -0.470. The first-order valence-electron chi connectivity index (χ1n) is 6.36. The van der Waals surface area contributed by atoms with Crippen molar-refractivity contribution in [3.8, 4) is 0 Å². The van der Waals surface area contributed by atoms with E-state index in [1.807, 2.05) is 18.8 Å². The molecule has 1 aromatic rings. The van der Waals surface area contributed by atoms with Crippen molar-refractivity contribution in [1.29, 1.82) is 0 Å². The quantitative estimate of drug-likeness (QED) is 0.766. The van der Waals surface area contributed by atoms with Crippen molar-refractivity contribution in [3.63, 3.8) is 0 Å². The van der Waals surface area contributed by atoms with Crippen LogP contribution in [0, 0.1) is 11.3 Å². The summed E-state index contributed by atoms with van der Waals surface area (Å²) < 4.78 is 0. The summed E-state index contributed by atoms with van der Waals surface area (Å²) in [6.07, 6.45) is 1.27. The number of hydrogen-bond acceptors (Lipinski definition) is 2. The van der Waals surface area contributed by atoms with Gasteiger partial charge < -0.3 is 5.32 Å². The van der Waals surface area contributed by atoms with Crippen LogP contribution in [0.2, 0.25) is 0 Å². The summed E-state index contributed by atoms with van der Waals surface area (Å²) in [4.78, 5) is 1.38. The van der Waals surface area contributed by atoms with E-state index in [0.29, 0.717) is 5.41 Å². The Labute approximate surface area is 110 Å². The molecule has 1 nitrogen and oxygen atoms in total. The average molecular weight is 251 g/mol. The molecule has 1 N–H and O–H groups in total. The summed E-state index contributed by atoms with van der Waals surface area (Å²) in [7, 11) is 2.04. The maximum atomic E-state index is 3.31. The van der Waals surface area contributed by atoms with Gasteiger partial charge in [-0.2, -0.15) is 0 Å². The summed E-state index contributed by atoms with van der Waals surface area (Å²) in [5.41, 5.74) is 0.389. The van der Waals surface area contributed by atoms with Gasteiger partial charge in [0, 0.05) is 4.90 Å². The van der Waals surface area contributed by atoms with Crippen LogP contribution in [0.4, 0.5) is 0 Å². The van der Waals surface area contributed by atoms with Crippen LogP contribution in [0.15, 0.2) is 35.2 Å². The molecule has 0 fully saturated rings. The summed E-state index contributed by atoms with van der Waals surface area (Å²) in [6, 6.07) is 10.7. The first-order valence-corrected chi connectivity index (χ1v) is 7.35. The van der Waals surface area contributed by atoms with Crippen LogP contribution >= 0.6 is 11.8 Å². The molecule has 0 aliphatic rings. The van der Waals surface area contributed by atoms with Crippen LogP contribution in [0.25, 0.3) is 0 Å². The molecule has 96 valence electrons. The van der Waals surface area contributed by atoms with E-state index in [1.165, 1.54) is 17.1 Å². The third-order valence-corrected chi connectivity index (χ3v) is 4.20. The van der Waals surface area contributed by atoms with E-state index >= 15 is 0 Å². The highest BCUT2D eigenvalue weighted by molar-refractivity contribution is 7.99. The molecule has 1 aromatic carbocycles. The summed E-state index contributed by atoms with van der Waals surface area (Å²) in [5, 5.41) is 3.31. The second kappa shape index (κ2) is 7.07. The van der Waals surface area contributed by atoms with E-state index < -0.39 is 0 Å². The highest BCUT2D eigenvalue weighted by Gasteiger charge is 2.23. The standard InChI is InChI=1S/C15H25NS/c1-15(2,3)13(12-16-4)10-11-17-14-8-6-5-7-9-14/h5-9,13,16H,10-12H2,1-4H3. The second-order valence-corrected chi connectivity index (χ2v) is 6.74. The maximum absolute atomic E-state index is 3.31. The van der Waals surface area contributed by atoms with Gasteiger partial charge >= 0.3 is 0 Å². The lowest BCUT2D eigenvalue weighted by molar-refractivity contribution is 0.231. The molecule has 0 bridgehead atoms. The van der Waals surface area contributed by atoms with E-state index in [9.17, 15) is 0 Å². The fraction of sp³-hybridized carbons (Fsp3) is 0.600. The van der Waals surface area contributed by atoms with E-state index in [2.05, 4.69) is 56.4 Å². The molecule has 1 unspecified atom stereocenters. The molecule has 1 rings (SSSR count). The highest BCUT2D eigenvalue weighted by Crippen LogP contribution is 2.30. The topological polar surface area (TPSA) is 12.0 Å². The fourth-order valence-electron chi connectivity index (χ4n) is 1.92. The van der Waals surface area contributed by atoms with Crippen LogP contribution in [-0.2, 0) is 0 Å². The van der Waals surface area contributed by atoms with Crippen LogP contribution in [0.5, 0.6) is 0 Å². The van der Waals surface area contributed by atoms with E-state index in [1.54, 1.807) is 0 Å². The minimum Gasteiger partial charge on any atom is -0.319 e. The third kappa shape index (κ3) is 5.60. The minimum absolute atomic E-state index is 0.389. The Morgan fingerprint density at radius 1 is 1.18 bits per heavy atom. The largest absolute Gasteiger partial charge is 0.319 e. The molecule has 0 aliphatic heterocycles. The summed E-state index contributed by atoms with van der Waals surface area (Å²) in [5.74, 6) is 1.94. The third-order valence-electron chi connectivity index (χ3n) is 3.15. The van der Waals surface area contributed by atoms with Crippen molar-refractivity contribution < 1.29 is 0 Å². The number of rotatable bonds is 6. The van der Waals surface area contributed by atoms with Gasteiger partial charge in [-0.15, -0.1) is 11.8 Å². The SMILES string of the molecule is CNCC(CCSc1ccccc1)C(C)(C)C. The molecular weight excluding hydrogens is 226 g/mol. The summed E-state index contributed by atoms with van der Waals surface area (Å²) in [6.45, 7) is 8.12. The molecule has 0 saturated heterocycles. The maximum Gasteiger partial charge on any atom is 0.00719 e. The minimum atomic E-state index is 0.389. The number of nitrogens with one attached hydrogen (secondary N) is 1. The van der Waals surface area contributed by atoms with Crippen LogP contribution in [-0.4, -0.2) is 19.3 Å². The number of benzene rings is 1. The lowest BCUT2D eigenvalue weighted by Gasteiger charge is -2.30. The molecule has 0 saturated carbocycles. The van der Waals surface area contributed by atoms with Gasteiger partial charge in [0.05, 0.1) is 0 Å². The van der Waals surface area contributed by atoms with Gasteiger partial charge in [-0.05, 0) is 49.2 Å². The Bertz CT molecular complexity index is 302. The number of thioether (sulfide) groups is 1. The van der Waals surface area contributed by atoms with Crippen molar-refractivity contribution in [1.82, 2.24) is 5.32 Å². The molecular formula is C15H25NS. The van der Waals surface area contributed by atoms with Crippen molar-refractivity contribution in [2.75, 3.05) is 19.3 Å². The zero-order valence-electron chi connectivity index (χ0n) is 11.5. The van der Waals surface area contributed by atoms with Gasteiger partial charge in [-0.1, -0.05) is 39.0 Å². The van der Waals surface area contributed by atoms with Gasteiger partial charge in [-0.3, -0.25) is 0 Å². The molecule has 1 atom stereocenters. The van der Waals surface area contributed by atoms with Crippen molar-refractivity contribution in [2.24, 2.45) is 11.3 Å². The van der Waals surface area contributed by atoms with E-state index in [4.69, 9.17) is 0 Å². The molecule has 0 aliphatic carbocycles. The monoisotopic (exact) mass is 251 g/mol. The highest BCUT2D eigenvalue weighted by atomic mass is 32.2. The van der Waals surface area contributed by atoms with Crippen molar-refractivity contribution in [3.05, 3.63) is 30.3 Å². The van der Waals surface area contributed by atoms with Crippen LogP contribution < -0.4 is 5.32 Å². The summed E-state index contributed by atoms with van der Waals surface area (Å²) >= 11 is 1.96. The number of hydrogen-bond donors (Lipinski definition) is 1. The lowest BCUT2D eigenvalue weighted by Crippen LogP contribution is -2.30. The second-order valence-electron chi connectivity index (χ2n) is 5.57. The predicted molar refractivity (Wildman–Crippen MR) is 78.7 cm³/mol. The van der Waals surface area contributed by atoms with Crippen molar-refractivity contribution in [2.45, 2.75) is 32.1 Å². The Balaban J connectivity index is 2.37. The van der Waals surface area contributed by atoms with Gasteiger partial charge in [0.15, 0.2) is 0 Å². The zero-order valence-corrected chi connectivity index (χ0v) is 12.3. The Kier molecular flexibility index (Phi) is 6.07. The molecule has 0 spiro atoms. The molecule has 0 amide bonds. The fourth-order valence-corrected chi connectivity index (χ4v) is 2.91. The Morgan fingerprint density at radius 3 is 2.35 bits per heavy atom. The van der Waals surface area contributed by atoms with Crippen LogP contribution in [0.1, 0.15) is 27.2 Å². The van der Waals surface area contributed by atoms with Crippen molar-refractivity contribution >= 4 is 11.8 Å². The average Bonchev–Trinajstić information content (AvgIpc) is 2.28. The first kappa shape index (κ1) is 14.6. The Morgan fingerprint density at radius 2 is 1.82 bits per heavy atom. The van der Waals surface area contributed by atoms with Gasteiger partial charge in [0.25, 0.3) is 0 Å². The first-order chi connectivity index (χ1) is 8.04. The molecule has 0 heterocycles. The van der Waals surface area contributed by atoms with Crippen LogP contribution in [0.3, 0.4) is 0 Å². The van der Waals surface area contributed by atoms with Gasteiger partial charge in [0.2, 0.25) is 0 Å². The lowest BCUT2D eigenvalue weighted by atomic mass is 9.79. The van der Waals surface area contributed by atoms with E-state index in [-0.39, 0.29) is 0 Å². The predicted octanol–water partition coefficient (Wildman–Crippen LogP) is 4.05. The zero-order chi connectivity index (χ0) is 12.7. The van der Waals surface area contributed by atoms with Gasteiger partial charge in [0.1, 0.15) is 0 Å². The molecule has 0 aromatic heterocycles. The smallest absolute Gasteiger partial charge is 0.00719 e. The molecule has 0 radical (unpaired) electrons.